The molecule has 1 unspecified atom stereocenters. The van der Waals surface area contributed by atoms with Crippen molar-refractivity contribution in [3.8, 4) is 0 Å². The van der Waals surface area contributed by atoms with Crippen LogP contribution in [0.5, 0.6) is 0 Å². The minimum atomic E-state index is -0.534. The van der Waals surface area contributed by atoms with E-state index in [0.717, 1.165) is 17.5 Å². The third-order valence-electron chi connectivity index (χ3n) is 5.55. The largest absolute Gasteiger partial charge is 0.376 e. The number of ether oxygens (including phenoxy) is 1. The normalized spacial score (nSPS) is 16.2. The maximum Gasteiger partial charge on any atom is 0.352 e. The summed E-state index contributed by atoms with van der Waals surface area (Å²) in [5.41, 5.74) is 0.425. The van der Waals surface area contributed by atoms with Crippen LogP contribution in [0.4, 0.5) is 10.1 Å². The van der Waals surface area contributed by atoms with E-state index in [9.17, 15) is 18.8 Å². The summed E-state index contributed by atoms with van der Waals surface area (Å²) in [6.07, 6.45) is 1.60. The Kier molecular flexibility index (Phi) is 5.14. The molecule has 1 aliphatic heterocycles. The number of anilines is 1. The van der Waals surface area contributed by atoms with E-state index in [0.29, 0.717) is 22.4 Å². The number of carbonyl (C=O) groups is 1. The second kappa shape index (κ2) is 7.99. The third kappa shape index (κ3) is 3.53. The summed E-state index contributed by atoms with van der Waals surface area (Å²) in [4.78, 5) is 38.7. The van der Waals surface area contributed by atoms with Crippen LogP contribution in [-0.4, -0.2) is 37.4 Å². The number of hydrogen-bond acceptors (Lipinski definition) is 6. The van der Waals surface area contributed by atoms with Gasteiger partial charge in [-0.2, -0.15) is 0 Å². The fraction of sp³-hybridized carbons (Fsp3) is 0.333. The van der Waals surface area contributed by atoms with Gasteiger partial charge in [0, 0.05) is 12.3 Å². The van der Waals surface area contributed by atoms with Gasteiger partial charge >= 0.3 is 5.69 Å². The molecule has 4 aromatic rings. The first-order valence-corrected chi connectivity index (χ1v) is 11.1. The molecule has 1 saturated heterocycles. The molecule has 1 amide bonds. The Morgan fingerprint density at radius 1 is 1.34 bits per heavy atom. The SMILES string of the molecule is Cc1ccc(NC(=O)Cn2nc3n(CC4CCCO4)c(=O)c4sccc4n3c2=O)cc1F. The molecule has 1 fully saturated rings. The highest BCUT2D eigenvalue weighted by Gasteiger charge is 2.23. The number of carbonyl (C=O) groups excluding carboxylic acids is 1. The smallest absolute Gasteiger partial charge is 0.352 e. The minimum Gasteiger partial charge on any atom is -0.376 e. The van der Waals surface area contributed by atoms with Gasteiger partial charge in [-0.1, -0.05) is 6.07 Å². The molecule has 4 heterocycles. The summed E-state index contributed by atoms with van der Waals surface area (Å²) >= 11 is 1.25. The molecule has 1 atom stereocenters. The van der Waals surface area contributed by atoms with Crippen LogP contribution in [0.25, 0.3) is 16.0 Å². The van der Waals surface area contributed by atoms with Crippen molar-refractivity contribution in [1.82, 2.24) is 18.7 Å². The second-order valence-corrected chi connectivity index (χ2v) is 8.69. The topological polar surface area (TPSA) is 99.6 Å². The first-order chi connectivity index (χ1) is 15.4. The van der Waals surface area contributed by atoms with Gasteiger partial charge in [-0.05, 0) is 48.9 Å². The average Bonchev–Trinajstić information content (AvgIpc) is 3.49. The molecule has 0 spiro atoms. The van der Waals surface area contributed by atoms with E-state index in [2.05, 4.69) is 10.4 Å². The Morgan fingerprint density at radius 3 is 2.94 bits per heavy atom. The zero-order valence-corrected chi connectivity index (χ0v) is 18.0. The van der Waals surface area contributed by atoms with E-state index in [1.165, 1.54) is 26.4 Å². The summed E-state index contributed by atoms with van der Waals surface area (Å²) in [6, 6.07) is 6.04. The highest BCUT2D eigenvalue weighted by molar-refractivity contribution is 7.17. The van der Waals surface area contributed by atoms with Crippen molar-refractivity contribution < 1.29 is 13.9 Å². The summed E-state index contributed by atoms with van der Waals surface area (Å²) in [6.45, 7) is 2.16. The number of rotatable bonds is 5. The molecule has 5 rings (SSSR count). The average molecular weight is 457 g/mol. The van der Waals surface area contributed by atoms with Crippen molar-refractivity contribution in [1.29, 1.82) is 0 Å². The fourth-order valence-electron chi connectivity index (χ4n) is 3.90. The highest BCUT2D eigenvalue weighted by atomic mass is 32.1. The van der Waals surface area contributed by atoms with Crippen molar-refractivity contribution in [3.63, 3.8) is 0 Å². The lowest BCUT2D eigenvalue weighted by Crippen LogP contribution is -2.30. The summed E-state index contributed by atoms with van der Waals surface area (Å²) in [5.74, 6) is -0.811. The molecule has 0 aliphatic carbocycles. The summed E-state index contributed by atoms with van der Waals surface area (Å²) in [5, 5.41) is 8.62. The third-order valence-corrected chi connectivity index (χ3v) is 6.44. The molecule has 166 valence electrons. The van der Waals surface area contributed by atoms with E-state index in [1.807, 2.05) is 0 Å². The maximum absolute atomic E-state index is 13.8. The van der Waals surface area contributed by atoms with Gasteiger partial charge in [-0.15, -0.1) is 16.4 Å². The Morgan fingerprint density at radius 2 is 2.19 bits per heavy atom. The molecule has 0 bridgehead atoms. The van der Waals surface area contributed by atoms with Crippen LogP contribution in [0.2, 0.25) is 0 Å². The van der Waals surface area contributed by atoms with Crippen LogP contribution < -0.4 is 16.6 Å². The number of aromatic nitrogens is 4. The molecule has 32 heavy (non-hydrogen) atoms. The van der Waals surface area contributed by atoms with E-state index < -0.39 is 17.4 Å². The van der Waals surface area contributed by atoms with Gasteiger partial charge in [-0.3, -0.25) is 14.2 Å². The van der Waals surface area contributed by atoms with Crippen molar-refractivity contribution in [3.05, 3.63) is 61.9 Å². The van der Waals surface area contributed by atoms with Gasteiger partial charge in [0.15, 0.2) is 0 Å². The standard InChI is InChI=1S/C21H20FN5O4S/c1-12-4-5-13(9-15(12)22)23-17(28)11-26-21(30)27-16-6-8-32-18(16)19(29)25(20(27)24-26)10-14-3-2-7-31-14/h4-6,8-9,14H,2-3,7,10-11H2,1H3,(H,23,28). The molecule has 1 N–H and O–H groups in total. The van der Waals surface area contributed by atoms with Crippen molar-refractivity contribution in [2.45, 2.75) is 39.0 Å². The van der Waals surface area contributed by atoms with Crippen LogP contribution in [0.15, 0.2) is 39.2 Å². The molecular weight excluding hydrogens is 437 g/mol. The van der Waals surface area contributed by atoms with Gasteiger partial charge in [0.1, 0.15) is 17.1 Å². The predicted molar refractivity (Wildman–Crippen MR) is 118 cm³/mol. The van der Waals surface area contributed by atoms with Crippen LogP contribution in [0, 0.1) is 12.7 Å². The van der Waals surface area contributed by atoms with Crippen molar-refractivity contribution in [2.75, 3.05) is 11.9 Å². The number of hydrogen-bond donors (Lipinski definition) is 1. The van der Waals surface area contributed by atoms with Crippen molar-refractivity contribution >= 4 is 38.9 Å². The van der Waals surface area contributed by atoms with E-state index in [-0.39, 0.29) is 36.2 Å². The zero-order chi connectivity index (χ0) is 22.4. The van der Waals surface area contributed by atoms with Gasteiger partial charge in [0.2, 0.25) is 11.7 Å². The van der Waals surface area contributed by atoms with Gasteiger partial charge in [0.25, 0.3) is 5.56 Å². The lowest BCUT2D eigenvalue weighted by Gasteiger charge is -2.12. The van der Waals surface area contributed by atoms with Crippen LogP contribution in [-0.2, 0) is 22.6 Å². The van der Waals surface area contributed by atoms with E-state index >= 15 is 0 Å². The maximum atomic E-state index is 13.8. The Labute approximate surface area is 184 Å². The molecule has 11 heteroatoms. The first-order valence-electron chi connectivity index (χ1n) is 10.2. The molecule has 1 aliphatic rings. The quantitative estimate of drug-likeness (QED) is 0.495. The Balaban J connectivity index is 1.53. The van der Waals surface area contributed by atoms with E-state index in [1.54, 1.807) is 30.5 Å². The first kappa shape index (κ1) is 20.6. The van der Waals surface area contributed by atoms with Gasteiger partial charge in [-0.25, -0.2) is 18.3 Å². The highest BCUT2D eigenvalue weighted by Crippen LogP contribution is 2.19. The van der Waals surface area contributed by atoms with Crippen LogP contribution >= 0.6 is 11.3 Å². The monoisotopic (exact) mass is 457 g/mol. The number of aryl methyl sites for hydroxylation is 1. The van der Waals surface area contributed by atoms with Gasteiger partial charge < -0.3 is 10.1 Å². The minimum absolute atomic E-state index is 0.131. The number of halogens is 1. The number of nitrogens with one attached hydrogen (secondary N) is 1. The number of fused-ring (bicyclic) bond motifs is 3. The second-order valence-electron chi connectivity index (χ2n) is 7.77. The zero-order valence-electron chi connectivity index (χ0n) is 17.2. The Bertz CT molecular complexity index is 1460. The van der Waals surface area contributed by atoms with Crippen LogP contribution in [0.3, 0.4) is 0 Å². The lowest BCUT2D eigenvalue weighted by atomic mass is 10.2. The number of nitrogens with zero attached hydrogens (tertiary/aromatic N) is 4. The molecule has 9 nitrogen and oxygen atoms in total. The molecule has 1 aromatic carbocycles. The fourth-order valence-corrected chi connectivity index (χ4v) is 4.72. The molecule has 0 radical (unpaired) electrons. The molecule has 3 aromatic heterocycles. The number of thiophene rings is 1. The number of benzene rings is 1. The van der Waals surface area contributed by atoms with Gasteiger partial charge in [0.05, 0.1) is 18.2 Å². The summed E-state index contributed by atoms with van der Waals surface area (Å²) in [7, 11) is 0. The Hall–Kier alpha value is -3.31. The molecule has 0 saturated carbocycles. The van der Waals surface area contributed by atoms with Crippen LogP contribution in [0.1, 0.15) is 18.4 Å². The molecular formula is C21H20FN5O4S. The lowest BCUT2D eigenvalue weighted by molar-refractivity contribution is -0.117. The van der Waals surface area contributed by atoms with Crippen molar-refractivity contribution in [2.24, 2.45) is 0 Å². The van der Waals surface area contributed by atoms with E-state index in [4.69, 9.17) is 4.74 Å². The summed E-state index contributed by atoms with van der Waals surface area (Å²) < 4.78 is 23.7. The number of amides is 1. The predicted octanol–water partition coefficient (Wildman–Crippen LogP) is 2.14.